The van der Waals surface area contributed by atoms with Gasteiger partial charge >= 0.3 is 6.18 Å². The quantitative estimate of drug-likeness (QED) is 0.749. The normalized spacial score (nSPS) is 11.3. The Morgan fingerprint density at radius 1 is 1.31 bits per heavy atom. The van der Waals surface area contributed by atoms with E-state index < -0.39 is 12.7 Å². The standard InChI is InChI=1S/C17H21F3N4O2/c1-12-9-15(23-24(12)11-17(18,19)20)22-10-16(25)21-8-7-13-5-3-4-6-14(13)26-2/h3-6,9H,7-8,10-11H2,1-2H3,(H,21,25)(H,22,23). The van der Waals surface area contributed by atoms with Crippen molar-refractivity contribution in [1.29, 1.82) is 0 Å². The number of halogens is 3. The van der Waals surface area contributed by atoms with Crippen LogP contribution in [0, 0.1) is 6.92 Å². The molecule has 9 heteroatoms. The smallest absolute Gasteiger partial charge is 0.408 e. The minimum Gasteiger partial charge on any atom is -0.496 e. The van der Waals surface area contributed by atoms with E-state index in [1.165, 1.54) is 13.0 Å². The summed E-state index contributed by atoms with van der Waals surface area (Å²) in [6.45, 7) is 0.708. The van der Waals surface area contributed by atoms with Crippen molar-refractivity contribution < 1.29 is 22.7 Å². The number of carbonyl (C=O) groups excluding carboxylic acids is 1. The van der Waals surface area contributed by atoms with Crippen molar-refractivity contribution in [2.24, 2.45) is 0 Å². The number of ether oxygens (including phenoxy) is 1. The molecule has 1 heterocycles. The van der Waals surface area contributed by atoms with E-state index in [2.05, 4.69) is 15.7 Å². The molecule has 1 amide bonds. The van der Waals surface area contributed by atoms with Crippen LogP contribution in [0.3, 0.4) is 0 Å². The molecule has 0 spiro atoms. The molecule has 2 N–H and O–H groups in total. The number of amides is 1. The van der Waals surface area contributed by atoms with Gasteiger partial charge in [-0.05, 0) is 25.0 Å². The Morgan fingerprint density at radius 2 is 2.04 bits per heavy atom. The molecule has 2 aromatic rings. The molecule has 0 bridgehead atoms. The molecule has 0 unspecified atom stereocenters. The van der Waals surface area contributed by atoms with Crippen LogP contribution in [0.4, 0.5) is 19.0 Å². The second-order valence-corrected chi connectivity index (χ2v) is 5.71. The first kappa shape index (κ1) is 19.6. The van der Waals surface area contributed by atoms with Gasteiger partial charge in [0, 0.05) is 18.3 Å². The third kappa shape index (κ3) is 5.98. The number of rotatable bonds is 8. The zero-order valence-electron chi connectivity index (χ0n) is 14.6. The SMILES string of the molecule is COc1ccccc1CCNC(=O)CNc1cc(C)n(CC(F)(F)F)n1. The molecule has 1 aromatic carbocycles. The molecule has 0 saturated carbocycles. The molecule has 142 valence electrons. The highest BCUT2D eigenvalue weighted by Gasteiger charge is 2.29. The largest absolute Gasteiger partial charge is 0.496 e. The van der Waals surface area contributed by atoms with Crippen LogP contribution in [0.5, 0.6) is 5.75 Å². The van der Waals surface area contributed by atoms with Gasteiger partial charge in [-0.3, -0.25) is 9.48 Å². The molecule has 0 aliphatic rings. The van der Waals surface area contributed by atoms with Crippen molar-refractivity contribution in [1.82, 2.24) is 15.1 Å². The number of nitrogens with one attached hydrogen (secondary N) is 2. The fourth-order valence-electron chi connectivity index (χ4n) is 2.41. The molecular formula is C17H21F3N4O2. The number of anilines is 1. The third-order valence-electron chi connectivity index (χ3n) is 3.65. The van der Waals surface area contributed by atoms with Gasteiger partial charge in [-0.25, -0.2) is 0 Å². The second kappa shape index (κ2) is 8.59. The Labute approximate surface area is 149 Å². The van der Waals surface area contributed by atoms with E-state index in [1.54, 1.807) is 7.11 Å². The van der Waals surface area contributed by atoms with Crippen molar-refractivity contribution in [3.05, 3.63) is 41.6 Å². The monoisotopic (exact) mass is 370 g/mol. The lowest BCUT2D eigenvalue weighted by molar-refractivity contribution is -0.142. The summed E-state index contributed by atoms with van der Waals surface area (Å²) in [4.78, 5) is 11.9. The Morgan fingerprint density at radius 3 is 2.73 bits per heavy atom. The molecule has 0 saturated heterocycles. The van der Waals surface area contributed by atoms with Crippen LogP contribution in [0.1, 0.15) is 11.3 Å². The van der Waals surface area contributed by atoms with Gasteiger partial charge in [-0.15, -0.1) is 0 Å². The number of hydrogen-bond donors (Lipinski definition) is 2. The molecule has 0 aliphatic heterocycles. The van der Waals surface area contributed by atoms with E-state index in [1.807, 2.05) is 24.3 Å². The topological polar surface area (TPSA) is 68.2 Å². The van der Waals surface area contributed by atoms with Crippen molar-refractivity contribution in [3.63, 3.8) is 0 Å². The number of hydrogen-bond acceptors (Lipinski definition) is 4. The minimum absolute atomic E-state index is 0.0750. The second-order valence-electron chi connectivity index (χ2n) is 5.71. The predicted octanol–water partition coefficient (Wildman–Crippen LogP) is 2.53. The molecule has 0 radical (unpaired) electrons. The summed E-state index contributed by atoms with van der Waals surface area (Å²) in [5.41, 5.74) is 1.34. The maximum atomic E-state index is 12.4. The van der Waals surface area contributed by atoms with E-state index in [9.17, 15) is 18.0 Å². The zero-order valence-corrected chi connectivity index (χ0v) is 14.6. The number of methoxy groups -OCH3 is 1. The molecule has 0 atom stereocenters. The third-order valence-corrected chi connectivity index (χ3v) is 3.65. The van der Waals surface area contributed by atoms with Crippen molar-refractivity contribution in [2.75, 3.05) is 25.5 Å². The summed E-state index contributed by atoms with van der Waals surface area (Å²) < 4.78 is 43.4. The highest BCUT2D eigenvalue weighted by atomic mass is 19.4. The number of para-hydroxylation sites is 1. The first-order chi connectivity index (χ1) is 12.3. The van der Waals surface area contributed by atoms with E-state index >= 15 is 0 Å². The molecule has 6 nitrogen and oxygen atoms in total. The van der Waals surface area contributed by atoms with E-state index in [0.29, 0.717) is 18.7 Å². The van der Waals surface area contributed by atoms with Gasteiger partial charge in [0.15, 0.2) is 0 Å². The van der Waals surface area contributed by atoms with Gasteiger partial charge in [0.1, 0.15) is 18.1 Å². The van der Waals surface area contributed by atoms with Gasteiger partial charge in [0.05, 0.1) is 13.7 Å². The van der Waals surface area contributed by atoms with Crippen LogP contribution in [-0.4, -0.2) is 42.1 Å². The Kier molecular flexibility index (Phi) is 6.48. The molecule has 0 fully saturated rings. The molecule has 2 rings (SSSR count). The number of nitrogens with zero attached hydrogens (tertiary/aromatic N) is 2. The maximum absolute atomic E-state index is 12.4. The Hall–Kier alpha value is -2.71. The van der Waals surface area contributed by atoms with Crippen molar-refractivity contribution in [2.45, 2.75) is 26.1 Å². The van der Waals surface area contributed by atoms with E-state index in [0.717, 1.165) is 16.0 Å². The summed E-state index contributed by atoms with van der Waals surface area (Å²) in [7, 11) is 1.58. The van der Waals surface area contributed by atoms with Crippen LogP contribution in [0.15, 0.2) is 30.3 Å². The summed E-state index contributed by atoms with van der Waals surface area (Å²) in [5, 5.41) is 9.27. The number of aromatic nitrogens is 2. The average molecular weight is 370 g/mol. The van der Waals surface area contributed by atoms with Gasteiger partial charge < -0.3 is 15.4 Å². The summed E-state index contributed by atoms with van der Waals surface area (Å²) >= 11 is 0. The maximum Gasteiger partial charge on any atom is 0.408 e. The first-order valence-corrected chi connectivity index (χ1v) is 8.02. The van der Waals surface area contributed by atoms with Crippen LogP contribution in [0.25, 0.3) is 0 Å². The van der Waals surface area contributed by atoms with Crippen LogP contribution < -0.4 is 15.4 Å². The van der Waals surface area contributed by atoms with Gasteiger partial charge in [0.25, 0.3) is 0 Å². The Balaban J connectivity index is 1.78. The van der Waals surface area contributed by atoms with E-state index in [-0.39, 0.29) is 18.3 Å². The number of aryl methyl sites for hydroxylation is 1. The lowest BCUT2D eigenvalue weighted by Gasteiger charge is -2.09. The van der Waals surface area contributed by atoms with E-state index in [4.69, 9.17) is 4.74 Å². The Bertz CT molecular complexity index is 744. The molecule has 0 aliphatic carbocycles. The van der Waals surface area contributed by atoms with Crippen molar-refractivity contribution in [3.8, 4) is 5.75 Å². The summed E-state index contributed by atoms with van der Waals surface area (Å²) in [6.07, 6.45) is -3.74. The summed E-state index contributed by atoms with van der Waals surface area (Å²) in [5.74, 6) is 0.708. The van der Waals surface area contributed by atoms with Crippen LogP contribution in [0.2, 0.25) is 0 Å². The van der Waals surface area contributed by atoms with Gasteiger partial charge in [0.2, 0.25) is 5.91 Å². The fourth-order valence-corrected chi connectivity index (χ4v) is 2.41. The molecule has 26 heavy (non-hydrogen) atoms. The zero-order chi connectivity index (χ0) is 19.2. The van der Waals surface area contributed by atoms with Gasteiger partial charge in [-0.2, -0.15) is 18.3 Å². The number of carbonyl (C=O) groups is 1. The number of alkyl halides is 3. The lowest BCUT2D eigenvalue weighted by Crippen LogP contribution is -2.31. The summed E-state index contributed by atoms with van der Waals surface area (Å²) in [6, 6.07) is 8.98. The number of benzene rings is 1. The van der Waals surface area contributed by atoms with Crippen LogP contribution >= 0.6 is 0 Å². The highest BCUT2D eigenvalue weighted by molar-refractivity contribution is 5.80. The van der Waals surface area contributed by atoms with Gasteiger partial charge in [-0.1, -0.05) is 18.2 Å². The predicted molar refractivity (Wildman–Crippen MR) is 91.2 cm³/mol. The van der Waals surface area contributed by atoms with Crippen LogP contribution in [-0.2, 0) is 17.8 Å². The average Bonchev–Trinajstić information content (AvgIpc) is 2.91. The molecular weight excluding hydrogens is 349 g/mol. The lowest BCUT2D eigenvalue weighted by atomic mass is 10.1. The minimum atomic E-state index is -4.34. The highest BCUT2D eigenvalue weighted by Crippen LogP contribution is 2.19. The van der Waals surface area contributed by atoms with Crippen molar-refractivity contribution >= 4 is 11.7 Å². The molecule has 1 aromatic heterocycles. The fraction of sp³-hybridized carbons (Fsp3) is 0.412. The first-order valence-electron chi connectivity index (χ1n) is 8.02.